The first kappa shape index (κ1) is 16.7. The van der Waals surface area contributed by atoms with E-state index >= 15 is 0 Å². The van der Waals surface area contributed by atoms with Gasteiger partial charge in [-0.25, -0.2) is 13.2 Å². The van der Waals surface area contributed by atoms with Gasteiger partial charge in [0.05, 0.1) is 16.8 Å². The van der Waals surface area contributed by atoms with Crippen LogP contribution in [0, 0.1) is 0 Å². The second kappa shape index (κ2) is 6.24. The van der Waals surface area contributed by atoms with E-state index in [0.29, 0.717) is 0 Å². The normalized spacial score (nSPS) is 19.6. The molecule has 1 saturated heterocycles. The molecule has 1 atom stereocenters. The number of sulfonamides is 1. The van der Waals surface area contributed by atoms with Gasteiger partial charge in [0.1, 0.15) is 15.8 Å². The summed E-state index contributed by atoms with van der Waals surface area (Å²) in [5, 5.41) is 9.09. The van der Waals surface area contributed by atoms with Crippen molar-refractivity contribution >= 4 is 61.0 Å². The molecule has 0 aliphatic carbocycles. The summed E-state index contributed by atoms with van der Waals surface area (Å²) in [5.74, 6) is -1.58. The topological polar surface area (TPSA) is 101 Å². The summed E-state index contributed by atoms with van der Waals surface area (Å²) in [4.78, 5) is 22.6. The lowest BCUT2D eigenvalue weighted by Gasteiger charge is -2.19. The van der Waals surface area contributed by atoms with E-state index in [9.17, 15) is 18.0 Å². The average Bonchev–Trinajstić information content (AvgIpc) is 3.04. The number of thioether (sulfide) groups is 1. The van der Waals surface area contributed by atoms with E-state index in [1.807, 2.05) is 0 Å². The van der Waals surface area contributed by atoms with Crippen LogP contribution < -0.4 is 0 Å². The average molecular weight is 416 g/mol. The summed E-state index contributed by atoms with van der Waals surface area (Å²) in [6, 6.07) is 0.0889. The summed E-state index contributed by atoms with van der Waals surface area (Å²) in [5.41, 5.74) is 0. The van der Waals surface area contributed by atoms with Gasteiger partial charge in [-0.05, 0) is 22.0 Å². The summed E-state index contributed by atoms with van der Waals surface area (Å²) in [6.07, 6.45) is 0. The highest BCUT2D eigenvalue weighted by molar-refractivity contribution is 9.11. The predicted octanol–water partition coefficient (Wildman–Crippen LogP) is 1.45. The van der Waals surface area contributed by atoms with Crippen LogP contribution in [-0.2, 0) is 19.6 Å². The van der Waals surface area contributed by atoms with Gasteiger partial charge in [-0.3, -0.25) is 4.79 Å². The van der Waals surface area contributed by atoms with E-state index in [1.165, 1.54) is 24.9 Å². The van der Waals surface area contributed by atoms with Gasteiger partial charge in [-0.15, -0.1) is 23.1 Å². The van der Waals surface area contributed by atoms with Gasteiger partial charge >= 0.3 is 11.9 Å². The molecule has 0 aromatic carbocycles. The molecule has 0 spiro atoms. The number of aliphatic carboxylic acids is 1. The second-order valence-corrected chi connectivity index (χ2v) is 9.22. The molecule has 1 N–H and O–H groups in total. The molecule has 21 heavy (non-hydrogen) atoms. The van der Waals surface area contributed by atoms with E-state index in [2.05, 4.69) is 20.7 Å². The van der Waals surface area contributed by atoms with Crippen molar-refractivity contribution in [1.82, 2.24) is 4.31 Å². The number of hydrogen-bond donors (Lipinski definition) is 1. The van der Waals surface area contributed by atoms with Gasteiger partial charge in [0.15, 0.2) is 0 Å². The Hall–Kier alpha value is -0.620. The Morgan fingerprint density at radius 1 is 1.52 bits per heavy atom. The molecule has 11 heteroatoms. The Morgan fingerprint density at radius 3 is 2.76 bits per heavy atom. The first-order valence-electron chi connectivity index (χ1n) is 5.49. The lowest BCUT2D eigenvalue weighted by Crippen LogP contribution is -2.41. The van der Waals surface area contributed by atoms with Gasteiger partial charge in [-0.2, -0.15) is 4.31 Å². The van der Waals surface area contributed by atoms with Crippen LogP contribution in [0.15, 0.2) is 14.7 Å². The molecule has 0 unspecified atom stereocenters. The highest BCUT2D eigenvalue weighted by atomic mass is 79.9. The largest absolute Gasteiger partial charge is 0.480 e. The maximum Gasteiger partial charge on any atom is 0.348 e. The van der Waals surface area contributed by atoms with Crippen molar-refractivity contribution in [3.05, 3.63) is 14.7 Å². The smallest absolute Gasteiger partial charge is 0.348 e. The predicted molar refractivity (Wildman–Crippen MR) is 81.1 cm³/mol. The number of carbonyl (C=O) groups excluding carboxylic acids is 1. The molecule has 1 aliphatic rings. The Kier molecular flexibility index (Phi) is 4.98. The zero-order chi connectivity index (χ0) is 15.8. The van der Waals surface area contributed by atoms with Gasteiger partial charge in [0.25, 0.3) is 0 Å². The number of thiophene rings is 1. The molecule has 1 aromatic heterocycles. The van der Waals surface area contributed by atoms with Crippen molar-refractivity contribution in [2.24, 2.45) is 0 Å². The molecule has 0 amide bonds. The van der Waals surface area contributed by atoms with Crippen molar-refractivity contribution in [3.8, 4) is 0 Å². The van der Waals surface area contributed by atoms with Crippen molar-refractivity contribution in [2.75, 3.05) is 18.7 Å². The molecule has 0 radical (unpaired) electrons. The third-order valence-electron chi connectivity index (χ3n) is 2.76. The summed E-state index contributed by atoms with van der Waals surface area (Å²) in [7, 11) is -2.80. The maximum atomic E-state index is 12.6. The van der Waals surface area contributed by atoms with Crippen LogP contribution in [-0.4, -0.2) is 54.5 Å². The van der Waals surface area contributed by atoms with Gasteiger partial charge in [-0.1, -0.05) is 0 Å². The number of nitrogens with zero attached hydrogens (tertiary/aromatic N) is 1. The van der Waals surface area contributed by atoms with Gasteiger partial charge in [0, 0.05) is 5.75 Å². The van der Waals surface area contributed by atoms with Gasteiger partial charge in [0.2, 0.25) is 10.0 Å². The van der Waals surface area contributed by atoms with E-state index < -0.39 is 28.0 Å². The number of halogens is 1. The van der Waals surface area contributed by atoms with E-state index in [-0.39, 0.29) is 25.2 Å². The Balaban J connectivity index is 2.42. The molecular formula is C10H10BrNO6S3. The Bertz CT molecular complexity index is 685. The molecule has 1 aromatic rings. The Labute approximate surface area is 137 Å². The summed E-state index contributed by atoms with van der Waals surface area (Å²) >= 11 is 5.26. The van der Waals surface area contributed by atoms with Crippen LogP contribution in [0.2, 0.25) is 0 Å². The number of esters is 1. The van der Waals surface area contributed by atoms with Crippen LogP contribution in [0.4, 0.5) is 0 Å². The number of carboxylic acid groups (broad SMARTS) is 1. The lowest BCUT2D eigenvalue weighted by atomic mass is 10.4. The third-order valence-corrected chi connectivity index (χ3v) is 8.02. The molecule has 2 rings (SSSR count). The second-order valence-electron chi connectivity index (χ2n) is 3.99. The number of methoxy groups -OCH3 is 1. The van der Waals surface area contributed by atoms with Crippen LogP contribution in [0.25, 0.3) is 0 Å². The molecule has 1 aliphatic heterocycles. The molecule has 0 saturated carbocycles. The van der Waals surface area contributed by atoms with Crippen molar-refractivity contribution in [1.29, 1.82) is 0 Å². The zero-order valence-corrected chi connectivity index (χ0v) is 14.6. The fourth-order valence-corrected chi connectivity index (χ4v) is 7.28. The quantitative estimate of drug-likeness (QED) is 0.742. The SMILES string of the molecule is COC(=O)c1cc(S(=O)(=O)N2CSC[C@H]2C(=O)O)c(Br)s1. The standard InChI is InChI=1S/C10H10BrNO6S3/c1-18-10(15)6-2-7(8(11)20-6)21(16,17)12-4-19-3-5(12)9(13)14/h2,5H,3-4H2,1H3,(H,13,14)/t5-/m0/s1. The molecule has 1 fully saturated rings. The highest BCUT2D eigenvalue weighted by Crippen LogP contribution is 2.36. The van der Waals surface area contributed by atoms with E-state index in [0.717, 1.165) is 15.6 Å². The first-order chi connectivity index (χ1) is 9.78. The van der Waals surface area contributed by atoms with Gasteiger partial charge < -0.3 is 9.84 Å². The zero-order valence-electron chi connectivity index (χ0n) is 10.6. The number of carboxylic acids is 1. The molecule has 116 valence electrons. The lowest BCUT2D eigenvalue weighted by molar-refractivity contribution is -0.140. The summed E-state index contributed by atoms with van der Waals surface area (Å²) in [6.45, 7) is 0. The van der Waals surface area contributed by atoms with Crippen LogP contribution in [0.1, 0.15) is 9.67 Å². The molecular weight excluding hydrogens is 406 g/mol. The minimum absolute atomic E-state index is 0.0646. The third kappa shape index (κ3) is 3.11. The highest BCUT2D eigenvalue weighted by Gasteiger charge is 2.41. The van der Waals surface area contributed by atoms with Crippen LogP contribution >= 0.6 is 39.0 Å². The summed E-state index contributed by atoms with van der Waals surface area (Å²) < 4.78 is 30.8. The molecule has 0 bridgehead atoms. The number of rotatable bonds is 4. The van der Waals surface area contributed by atoms with Crippen LogP contribution in [0.3, 0.4) is 0 Å². The number of carbonyl (C=O) groups is 2. The van der Waals surface area contributed by atoms with E-state index in [1.54, 1.807) is 0 Å². The monoisotopic (exact) mass is 415 g/mol. The van der Waals surface area contributed by atoms with Crippen molar-refractivity contribution in [2.45, 2.75) is 10.9 Å². The first-order valence-corrected chi connectivity index (χ1v) is 9.69. The number of ether oxygens (including phenoxy) is 1. The fraction of sp³-hybridized carbons (Fsp3) is 0.400. The number of hydrogen-bond acceptors (Lipinski definition) is 7. The maximum absolute atomic E-state index is 12.6. The minimum atomic E-state index is -4.00. The van der Waals surface area contributed by atoms with Crippen molar-refractivity contribution < 1.29 is 27.9 Å². The van der Waals surface area contributed by atoms with Crippen molar-refractivity contribution in [3.63, 3.8) is 0 Å². The molecule has 2 heterocycles. The fourth-order valence-electron chi connectivity index (χ4n) is 1.71. The molecule has 7 nitrogen and oxygen atoms in total. The van der Waals surface area contributed by atoms with Crippen LogP contribution in [0.5, 0.6) is 0 Å². The van der Waals surface area contributed by atoms with E-state index in [4.69, 9.17) is 5.11 Å². The minimum Gasteiger partial charge on any atom is -0.480 e. The Morgan fingerprint density at radius 2 is 2.19 bits per heavy atom.